The number of hydrogen-bond donors (Lipinski definition) is 0. The van der Waals surface area contributed by atoms with Gasteiger partial charge < -0.3 is 9.47 Å². The highest BCUT2D eigenvalue weighted by Gasteiger charge is 2.21. The molecule has 20 heavy (non-hydrogen) atoms. The van der Waals surface area contributed by atoms with Crippen molar-refractivity contribution in [1.29, 1.82) is 0 Å². The lowest BCUT2D eigenvalue weighted by Gasteiger charge is -2.35. The predicted octanol–water partition coefficient (Wildman–Crippen LogP) is 2.38. The Morgan fingerprint density at radius 3 is 2.60 bits per heavy atom. The second-order valence-corrected chi connectivity index (χ2v) is 5.42. The number of morpholine rings is 1. The minimum absolute atomic E-state index is 0.0363. The molecule has 1 aliphatic rings. The number of hydrogen-bond acceptors (Lipinski definition) is 4. The number of Topliss-reactive ketones (excluding diaryl/α,β-unsaturated/α-hetero) is 1. The largest absolute Gasteiger partial charge is 0.491 e. The lowest BCUT2D eigenvalue weighted by atomic mass is 10.1. The van der Waals surface area contributed by atoms with Gasteiger partial charge in [0.2, 0.25) is 0 Å². The molecule has 1 saturated heterocycles. The summed E-state index contributed by atoms with van der Waals surface area (Å²) in [7, 11) is 0. The van der Waals surface area contributed by atoms with Gasteiger partial charge in [0.05, 0.1) is 17.8 Å². The van der Waals surface area contributed by atoms with Crippen molar-refractivity contribution in [3.8, 4) is 5.75 Å². The van der Waals surface area contributed by atoms with Gasteiger partial charge >= 0.3 is 0 Å². The van der Waals surface area contributed by atoms with E-state index in [0.717, 1.165) is 19.6 Å². The van der Waals surface area contributed by atoms with E-state index in [-0.39, 0.29) is 18.0 Å². The number of rotatable bonds is 5. The smallest absolute Gasteiger partial charge is 0.163 e. The van der Waals surface area contributed by atoms with E-state index < -0.39 is 0 Å². The number of para-hydroxylation sites is 1. The Morgan fingerprint density at radius 1 is 1.30 bits per heavy atom. The first-order valence-corrected chi connectivity index (χ1v) is 7.17. The fourth-order valence-corrected chi connectivity index (χ4v) is 2.64. The van der Waals surface area contributed by atoms with Crippen LogP contribution in [-0.2, 0) is 4.74 Å². The fraction of sp³-hybridized carbons (Fsp3) is 0.562. The predicted molar refractivity (Wildman–Crippen MR) is 78.4 cm³/mol. The van der Waals surface area contributed by atoms with Crippen LogP contribution in [0.4, 0.5) is 0 Å². The Labute approximate surface area is 120 Å². The molecule has 1 aliphatic heterocycles. The third kappa shape index (κ3) is 4.05. The van der Waals surface area contributed by atoms with Crippen LogP contribution in [-0.4, -0.2) is 49.1 Å². The van der Waals surface area contributed by atoms with Crippen LogP contribution in [0.1, 0.15) is 31.1 Å². The monoisotopic (exact) mass is 277 g/mol. The second-order valence-electron chi connectivity index (χ2n) is 5.42. The SMILES string of the molecule is CC(=O)c1ccccc1OCCN1C[C@@H](C)O[C@H](C)C1. The summed E-state index contributed by atoms with van der Waals surface area (Å²) < 4.78 is 11.5. The fourth-order valence-electron chi connectivity index (χ4n) is 2.64. The summed E-state index contributed by atoms with van der Waals surface area (Å²) in [6.07, 6.45) is 0.534. The first-order valence-electron chi connectivity index (χ1n) is 7.17. The summed E-state index contributed by atoms with van der Waals surface area (Å²) in [5.74, 6) is 0.712. The highest BCUT2D eigenvalue weighted by atomic mass is 16.5. The number of benzene rings is 1. The van der Waals surface area contributed by atoms with Crippen LogP contribution in [0.3, 0.4) is 0 Å². The van der Waals surface area contributed by atoms with Crippen LogP contribution >= 0.6 is 0 Å². The Morgan fingerprint density at radius 2 is 1.95 bits per heavy atom. The van der Waals surface area contributed by atoms with E-state index in [4.69, 9.17) is 9.47 Å². The number of ether oxygens (including phenoxy) is 2. The van der Waals surface area contributed by atoms with Crippen molar-refractivity contribution in [2.45, 2.75) is 33.0 Å². The third-order valence-corrected chi connectivity index (χ3v) is 3.43. The lowest BCUT2D eigenvalue weighted by Crippen LogP contribution is -2.46. The van der Waals surface area contributed by atoms with Gasteiger partial charge in [-0.2, -0.15) is 0 Å². The molecule has 0 spiro atoms. The van der Waals surface area contributed by atoms with E-state index in [1.54, 1.807) is 13.0 Å². The molecule has 1 aromatic carbocycles. The molecule has 0 saturated carbocycles. The average molecular weight is 277 g/mol. The second kappa shape index (κ2) is 6.86. The molecule has 1 heterocycles. The summed E-state index contributed by atoms with van der Waals surface area (Å²) in [5, 5.41) is 0. The molecule has 0 amide bonds. The Hall–Kier alpha value is -1.39. The molecular formula is C16H23NO3. The van der Waals surface area contributed by atoms with Crippen LogP contribution in [0.15, 0.2) is 24.3 Å². The van der Waals surface area contributed by atoms with E-state index >= 15 is 0 Å². The van der Waals surface area contributed by atoms with Gasteiger partial charge in [0.1, 0.15) is 12.4 Å². The molecule has 110 valence electrons. The van der Waals surface area contributed by atoms with Crippen LogP contribution in [0.5, 0.6) is 5.75 Å². The topological polar surface area (TPSA) is 38.8 Å². The number of ketones is 1. The summed E-state index contributed by atoms with van der Waals surface area (Å²) in [6, 6.07) is 7.40. The van der Waals surface area contributed by atoms with Crippen molar-refractivity contribution >= 4 is 5.78 Å². The molecule has 0 N–H and O–H groups in total. The summed E-state index contributed by atoms with van der Waals surface area (Å²) in [4.78, 5) is 13.9. The Bertz CT molecular complexity index is 451. The normalized spacial score (nSPS) is 23.6. The van der Waals surface area contributed by atoms with Gasteiger partial charge in [0.25, 0.3) is 0 Å². The number of nitrogens with zero attached hydrogens (tertiary/aromatic N) is 1. The van der Waals surface area contributed by atoms with Gasteiger partial charge in [-0.15, -0.1) is 0 Å². The molecule has 0 aliphatic carbocycles. The molecule has 2 rings (SSSR count). The van der Waals surface area contributed by atoms with Gasteiger partial charge in [0.15, 0.2) is 5.78 Å². The first kappa shape index (κ1) is 15.0. The third-order valence-electron chi connectivity index (χ3n) is 3.43. The molecule has 1 aromatic rings. The standard InChI is InChI=1S/C16H23NO3/c1-12-10-17(11-13(2)20-12)8-9-19-16-7-5-4-6-15(16)14(3)18/h4-7,12-13H,8-11H2,1-3H3/t12-,13-/m1/s1. The zero-order valence-electron chi connectivity index (χ0n) is 12.5. The van der Waals surface area contributed by atoms with Crippen molar-refractivity contribution < 1.29 is 14.3 Å². The van der Waals surface area contributed by atoms with E-state index in [2.05, 4.69) is 18.7 Å². The van der Waals surface area contributed by atoms with E-state index in [1.807, 2.05) is 18.2 Å². The van der Waals surface area contributed by atoms with E-state index in [9.17, 15) is 4.79 Å². The minimum atomic E-state index is 0.0363. The van der Waals surface area contributed by atoms with Crippen LogP contribution in [0.25, 0.3) is 0 Å². The summed E-state index contributed by atoms with van der Waals surface area (Å²) in [6.45, 7) is 9.05. The van der Waals surface area contributed by atoms with Crippen LogP contribution in [0.2, 0.25) is 0 Å². The van der Waals surface area contributed by atoms with Gasteiger partial charge in [-0.25, -0.2) is 0 Å². The zero-order valence-corrected chi connectivity index (χ0v) is 12.5. The van der Waals surface area contributed by atoms with Crippen molar-refractivity contribution in [3.05, 3.63) is 29.8 Å². The summed E-state index contributed by atoms with van der Waals surface area (Å²) >= 11 is 0. The van der Waals surface area contributed by atoms with Crippen molar-refractivity contribution in [1.82, 2.24) is 4.90 Å². The zero-order chi connectivity index (χ0) is 14.5. The van der Waals surface area contributed by atoms with Crippen molar-refractivity contribution in [2.24, 2.45) is 0 Å². The Kier molecular flexibility index (Phi) is 5.15. The Balaban J connectivity index is 1.85. The molecule has 0 aromatic heterocycles. The van der Waals surface area contributed by atoms with E-state index in [0.29, 0.717) is 17.9 Å². The molecular weight excluding hydrogens is 254 g/mol. The molecule has 4 heteroatoms. The van der Waals surface area contributed by atoms with Gasteiger partial charge in [-0.3, -0.25) is 9.69 Å². The minimum Gasteiger partial charge on any atom is -0.491 e. The van der Waals surface area contributed by atoms with Gasteiger partial charge in [-0.1, -0.05) is 12.1 Å². The maximum atomic E-state index is 11.5. The molecule has 2 atom stereocenters. The van der Waals surface area contributed by atoms with Crippen molar-refractivity contribution in [2.75, 3.05) is 26.2 Å². The molecule has 1 fully saturated rings. The van der Waals surface area contributed by atoms with Gasteiger partial charge in [0, 0.05) is 19.6 Å². The van der Waals surface area contributed by atoms with Crippen LogP contribution < -0.4 is 4.74 Å². The van der Waals surface area contributed by atoms with Crippen molar-refractivity contribution in [3.63, 3.8) is 0 Å². The molecule has 4 nitrogen and oxygen atoms in total. The molecule has 0 unspecified atom stereocenters. The van der Waals surface area contributed by atoms with Crippen LogP contribution in [0, 0.1) is 0 Å². The lowest BCUT2D eigenvalue weighted by molar-refractivity contribution is -0.0699. The summed E-state index contributed by atoms with van der Waals surface area (Å²) in [5.41, 5.74) is 0.649. The number of carbonyl (C=O) groups excluding carboxylic acids is 1. The molecule has 0 bridgehead atoms. The quantitative estimate of drug-likeness (QED) is 0.775. The maximum absolute atomic E-state index is 11.5. The average Bonchev–Trinajstić information content (AvgIpc) is 2.38. The highest BCUT2D eigenvalue weighted by molar-refractivity contribution is 5.96. The maximum Gasteiger partial charge on any atom is 0.163 e. The van der Waals surface area contributed by atoms with E-state index in [1.165, 1.54) is 0 Å². The molecule has 0 radical (unpaired) electrons. The number of carbonyl (C=O) groups is 1. The van der Waals surface area contributed by atoms with Gasteiger partial charge in [-0.05, 0) is 32.9 Å². The first-order chi connectivity index (χ1) is 9.56. The highest BCUT2D eigenvalue weighted by Crippen LogP contribution is 2.18.